The molecule has 30 heavy (non-hydrogen) atoms. The molecule has 3 aliphatic heterocycles. The molecule has 0 unspecified atom stereocenters. The van der Waals surface area contributed by atoms with Crippen LogP contribution in [-0.4, -0.2) is 90.8 Å². The fourth-order valence-corrected chi connectivity index (χ4v) is 4.66. The van der Waals surface area contributed by atoms with Crippen molar-refractivity contribution in [2.75, 3.05) is 13.2 Å². The number of aromatic nitrogens is 2. The summed E-state index contributed by atoms with van der Waals surface area (Å²) in [7, 11) is 0. The number of carbonyl (C=O) groups excluding carboxylic acids is 1. The van der Waals surface area contributed by atoms with Gasteiger partial charge in [0.05, 0.1) is 23.9 Å². The van der Waals surface area contributed by atoms with Crippen LogP contribution in [0.15, 0.2) is 24.4 Å². The van der Waals surface area contributed by atoms with E-state index in [4.69, 9.17) is 16.2 Å². The lowest BCUT2D eigenvalue weighted by molar-refractivity contribution is -0.674. The van der Waals surface area contributed by atoms with Crippen molar-refractivity contribution in [3.8, 4) is 0 Å². The third-order valence-electron chi connectivity index (χ3n) is 6.04. The fraction of sp³-hybridized carbons (Fsp3) is 0.412. The van der Waals surface area contributed by atoms with Gasteiger partial charge in [0, 0.05) is 5.39 Å². The SMILES string of the molecule is NC1=[NH+][C@H]2[C@H](CO)NC(N)=[N+]3C[C@H](OC(=O)c4cccc5cn[nH]c45)C(O)(O)[C@]23N1. The maximum atomic E-state index is 12.9. The second-order valence-corrected chi connectivity index (χ2v) is 7.62. The maximum Gasteiger partial charge on any atom is 0.347 e. The summed E-state index contributed by atoms with van der Waals surface area (Å²) in [4.78, 5) is 15.8. The number of esters is 1. The highest BCUT2D eigenvalue weighted by molar-refractivity contribution is 6.02. The van der Waals surface area contributed by atoms with E-state index in [0.29, 0.717) is 10.9 Å². The lowest BCUT2D eigenvalue weighted by Gasteiger charge is -2.40. The molecule has 13 nitrogen and oxygen atoms in total. The van der Waals surface area contributed by atoms with E-state index in [2.05, 4.69) is 25.8 Å². The molecule has 1 spiro atoms. The normalized spacial score (nSPS) is 31.6. The van der Waals surface area contributed by atoms with E-state index in [9.17, 15) is 20.1 Å². The first-order chi connectivity index (χ1) is 14.3. The minimum atomic E-state index is -2.61. The van der Waals surface area contributed by atoms with Gasteiger partial charge in [-0.25, -0.2) is 14.7 Å². The van der Waals surface area contributed by atoms with Crippen molar-refractivity contribution in [3.05, 3.63) is 30.0 Å². The van der Waals surface area contributed by atoms with Crippen LogP contribution in [0.5, 0.6) is 0 Å². The molecule has 0 radical (unpaired) electrons. The molecule has 1 fully saturated rings. The number of H-pyrrole nitrogens is 1. The zero-order chi connectivity index (χ0) is 21.3. The van der Waals surface area contributed by atoms with Gasteiger partial charge in [-0.15, -0.1) is 0 Å². The Kier molecular flexibility index (Phi) is 3.75. The van der Waals surface area contributed by atoms with Crippen LogP contribution in [0.3, 0.4) is 0 Å². The topological polar surface area (TPSA) is 209 Å². The molecule has 0 aliphatic carbocycles. The lowest BCUT2D eigenvalue weighted by atomic mass is 9.86. The molecule has 2 aromatic rings. The van der Waals surface area contributed by atoms with E-state index in [1.165, 1.54) is 4.58 Å². The summed E-state index contributed by atoms with van der Waals surface area (Å²) in [6.45, 7) is -0.488. The minimum absolute atomic E-state index is 0.0710. The zero-order valence-corrected chi connectivity index (χ0v) is 15.7. The largest absolute Gasteiger partial charge is 0.449 e. The van der Waals surface area contributed by atoms with E-state index >= 15 is 0 Å². The highest BCUT2D eigenvalue weighted by atomic mass is 16.6. The Morgan fingerprint density at radius 3 is 2.97 bits per heavy atom. The van der Waals surface area contributed by atoms with Crippen LogP contribution in [0.4, 0.5) is 0 Å². The first-order valence-electron chi connectivity index (χ1n) is 9.32. The Morgan fingerprint density at radius 2 is 2.20 bits per heavy atom. The summed E-state index contributed by atoms with van der Waals surface area (Å²) < 4.78 is 6.97. The molecule has 1 aromatic heterocycles. The second kappa shape index (κ2) is 6.04. The van der Waals surface area contributed by atoms with Gasteiger partial charge in [-0.05, 0) is 6.07 Å². The summed E-state index contributed by atoms with van der Waals surface area (Å²) in [6.07, 6.45) is 0.181. The van der Waals surface area contributed by atoms with Gasteiger partial charge >= 0.3 is 23.6 Å². The summed E-state index contributed by atoms with van der Waals surface area (Å²) in [6, 6.07) is 3.53. The van der Waals surface area contributed by atoms with E-state index in [1.54, 1.807) is 24.4 Å². The maximum absolute atomic E-state index is 12.9. The number of hydrogen-bond acceptors (Lipinski definition) is 10. The van der Waals surface area contributed by atoms with Crippen LogP contribution in [0.2, 0.25) is 0 Å². The molecule has 3 aliphatic rings. The number of nitrogens with zero attached hydrogens (tertiary/aromatic N) is 2. The van der Waals surface area contributed by atoms with Crippen LogP contribution in [0.25, 0.3) is 10.9 Å². The molecule has 5 rings (SSSR count). The molecular weight excluding hydrogens is 396 g/mol. The predicted octanol–water partition coefficient (Wildman–Crippen LogP) is -5.86. The number of benzene rings is 1. The number of ether oxygens (including phenoxy) is 1. The Morgan fingerprint density at radius 1 is 1.40 bits per heavy atom. The van der Waals surface area contributed by atoms with Gasteiger partial charge in [-0.1, -0.05) is 12.1 Å². The third-order valence-corrected chi connectivity index (χ3v) is 6.04. The molecule has 0 saturated carbocycles. The van der Waals surface area contributed by atoms with Crippen molar-refractivity contribution < 1.29 is 34.4 Å². The molecule has 1 aromatic carbocycles. The molecule has 11 N–H and O–H groups in total. The van der Waals surface area contributed by atoms with Crippen LogP contribution < -0.4 is 27.1 Å². The predicted molar refractivity (Wildman–Crippen MR) is 101 cm³/mol. The number of aliphatic hydroxyl groups excluding tert-OH is 1. The van der Waals surface area contributed by atoms with E-state index in [0.717, 1.165) is 0 Å². The van der Waals surface area contributed by atoms with Crippen molar-refractivity contribution in [3.63, 3.8) is 0 Å². The van der Waals surface area contributed by atoms with Crippen molar-refractivity contribution in [1.29, 1.82) is 0 Å². The molecule has 0 amide bonds. The average molecular weight is 418 g/mol. The van der Waals surface area contributed by atoms with Crippen LogP contribution >= 0.6 is 0 Å². The van der Waals surface area contributed by atoms with E-state index in [-0.39, 0.29) is 30.6 Å². The lowest BCUT2D eigenvalue weighted by Crippen LogP contribution is -2.91. The monoisotopic (exact) mass is 418 g/mol. The molecule has 13 heteroatoms. The molecule has 4 atom stereocenters. The Hall–Kier alpha value is -3.42. The number of hydrogen-bond donors (Lipinski definition) is 9. The van der Waals surface area contributed by atoms with Crippen molar-refractivity contribution in [1.82, 2.24) is 20.8 Å². The van der Waals surface area contributed by atoms with Gasteiger partial charge in [0.2, 0.25) is 0 Å². The smallest absolute Gasteiger partial charge is 0.347 e. The highest BCUT2D eigenvalue weighted by Gasteiger charge is 2.78. The van der Waals surface area contributed by atoms with Crippen molar-refractivity contribution in [2.24, 2.45) is 11.5 Å². The van der Waals surface area contributed by atoms with E-state index in [1.807, 2.05) is 0 Å². The average Bonchev–Trinajstić information content (AvgIpc) is 3.37. The Balaban J connectivity index is 1.53. The number of carbonyl (C=O) groups is 1. The molecule has 158 valence electrons. The van der Waals surface area contributed by atoms with Crippen LogP contribution in [-0.2, 0) is 4.74 Å². The number of rotatable bonds is 3. The van der Waals surface area contributed by atoms with Gasteiger partial charge in [-0.3, -0.25) is 26.9 Å². The number of para-hydroxylation sites is 1. The standard InChI is InChI=1S/C17H20N8O5/c18-14-22-12-9(6-26)21-15(19)25-5-10(17(28,29)16(12,25)23-14)30-13(27)8-3-1-2-7-4-20-24-11(7)8/h1-4,9-10,12,26,28-29H,5-6H2,(H6,18,19,20,21,22,23,24,27)/p+2/t9-,10-,12-,16-/m0/s1. The molecule has 1 saturated heterocycles. The van der Waals surface area contributed by atoms with Gasteiger partial charge < -0.3 is 20.1 Å². The molecule has 0 bridgehead atoms. The zero-order valence-electron chi connectivity index (χ0n) is 15.7. The van der Waals surface area contributed by atoms with Gasteiger partial charge in [0.1, 0.15) is 12.6 Å². The summed E-state index contributed by atoms with van der Waals surface area (Å²) in [5.41, 5.74) is 11.0. The second-order valence-electron chi connectivity index (χ2n) is 7.62. The van der Waals surface area contributed by atoms with Gasteiger partial charge in [-0.2, -0.15) is 5.10 Å². The van der Waals surface area contributed by atoms with Crippen LogP contribution in [0.1, 0.15) is 10.4 Å². The third kappa shape index (κ3) is 2.21. The number of nitrogens with one attached hydrogen (secondary N) is 4. The van der Waals surface area contributed by atoms with Gasteiger partial charge in [0.15, 0.2) is 12.1 Å². The Bertz CT molecular complexity index is 1110. The van der Waals surface area contributed by atoms with E-state index < -0.39 is 35.6 Å². The van der Waals surface area contributed by atoms with Crippen molar-refractivity contribution >= 4 is 28.8 Å². The highest BCUT2D eigenvalue weighted by Crippen LogP contribution is 2.39. The summed E-state index contributed by atoms with van der Waals surface area (Å²) >= 11 is 0. The quantitative estimate of drug-likeness (QED) is 0.131. The number of guanidine groups is 2. The number of fused-ring (bicyclic) bond motifs is 1. The first-order valence-corrected chi connectivity index (χ1v) is 9.32. The Labute approximate surface area is 169 Å². The minimum Gasteiger partial charge on any atom is -0.449 e. The summed E-state index contributed by atoms with van der Waals surface area (Å²) in [5, 5.41) is 45.2. The summed E-state index contributed by atoms with van der Waals surface area (Å²) in [5.74, 6) is -3.22. The molecule has 4 heterocycles. The van der Waals surface area contributed by atoms with Gasteiger partial charge in [0.25, 0.3) is 5.79 Å². The molecular formula is C17H22N8O5+2. The van der Waals surface area contributed by atoms with Crippen molar-refractivity contribution in [2.45, 2.75) is 29.6 Å². The fourth-order valence-electron chi connectivity index (χ4n) is 4.66. The number of aliphatic hydroxyl groups is 3. The number of nitrogens with two attached hydrogens (primary N) is 2. The first kappa shape index (κ1) is 18.6. The van der Waals surface area contributed by atoms with Crippen LogP contribution in [0, 0.1) is 0 Å². The number of aromatic amines is 1.